The van der Waals surface area contributed by atoms with Crippen LogP contribution in [-0.2, 0) is 14.2 Å². The topological polar surface area (TPSA) is 51.2 Å². The fourth-order valence-electron chi connectivity index (χ4n) is 5.02. The largest absolute Gasteiger partial charge is 0.389 e. The number of likely N-dealkylation sites (tertiary alicyclic amines) is 1. The van der Waals surface area contributed by atoms with Crippen molar-refractivity contribution in [3.05, 3.63) is 11.6 Å². The molecule has 3 aliphatic carbocycles. The van der Waals surface area contributed by atoms with E-state index in [4.69, 9.17) is 14.2 Å². The van der Waals surface area contributed by atoms with Gasteiger partial charge < -0.3 is 19.3 Å². The van der Waals surface area contributed by atoms with Gasteiger partial charge in [0, 0.05) is 19.5 Å². The number of hydrogen-bond donors (Lipinski definition) is 1. The minimum absolute atomic E-state index is 0.402. The first-order valence-corrected chi connectivity index (χ1v) is 9.43. The molecule has 5 heteroatoms. The van der Waals surface area contributed by atoms with Crippen LogP contribution in [0.1, 0.15) is 33.1 Å². The molecule has 0 aromatic heterocycles. The van der Waals surface area contributed by atoms with Crippen molar-refractivity contribution in [2.24, 2.45) is 17.3 Å². The molecule has 5 aliphatic rings. The second kappa shape index (κ2) is 6.36. The van der Waals surface area contributed by atoms with Crippen molar-refractivity contribution in [3.8, 4) is 0 Å². The second-order valence-electron chi connectivity index (χ2n) is 8.58. The van der Waals surface area contributed by atoms with E-state index in [1.165, 1.54) is 18.4 Å². The smallest absolute Gasteiger partial charge is 0.182 e. The van der Waals surface area contributed by atoms with Crippen LogP contribution in [0.5, 0.6) is 0 Å². The molecule has 2 heterocycles. The second-order valence-corrected chi connectivity index (χ2v) is 8.58. The minimum Gasteiger partial charge on any atom is -0.389 e. The van der Waals surface area contributed by atoms with E-state index in [0.29, 0.717) is 44.3 Å². The van der Waals surface area contributed by atoms with Crippen LogP contribution in [0.3, 0.4) is 0 Å². The maximum atomic E-state index is 10.3. The Hall–Kier alpha value is -0.460. The quantitative estimate of drug-likeness (QED) is 0.749. The number of β-amino-alcohol motifs (C(OH)–C–C–N with tert-alkyl or cyclic N) is 1. The molecule has 3 atom stereocenters. The van der Waals surface area contributed by atoms with Crippen molar-refractivity contribution in [1.82, 2.24) is 4.90 Å². The van der Waals surface area contributed by atoms with Crippen LogP contribution in [-0.4, -0.2) is 68.0 Å². The van der Waals surface area contributed by atoms with Crippen LogP contribution in [0.2, 0.25) is 0 Å². The van der Waals surface area contributed by atoms with Gasteiger partial charge in [-0.15, -0.1) is 0 Å². The van der Waals surface area contributed by atoms with Gasteiger partial charge in [-0.2, -0.15) is 0 Å². The van der Waals surface area contributed by atoms with Crippen molar-refractivity contribution in [2.45, 2.75) is 45.0 Å². The van der Waals surface area contributed by atoms with Crippen LogP contribution in [0.15, 0.2) is 11.6 Å². The van der Waals surface area contributed by atoms with Crippen LogP contribution in [0, 0.1) is 17.3 Å². The Labute approximate surface area is 144 Å². The fraction of sp³-hybridized carbons (Fsp3) is 0.895. The number of hydrogen-bond acceptors (Lipinski definition) is 5. The van der Waals surface area contributed by atoms with E-state index in [9.17, 15) is 5.11 Å². The zero-order valence-electron chi connectivity index (χ0n) is 15.0. The zero-order valence-corrected chi connectivity index (χ0v) is 15.0. The number of aliphatic hydroxyl groups excluding tert-OH is 1. The number of rotatable bonds is 6. The molecule has 2 aliphatic heterocycles. The lowest BCUT2D eigenvalue weighted by atomic mass is 9.49. The lowest BCUT2D eigenvalue weighted by molar-refractivity contribution is -0.146. The van der Waals surface area contributed by atoms with Gasteiger partial charge in [0.1, 0.15) is 0 Å². The first-order chi connectivity index (χ1) is 11.5. The van der Waals surface area contributed by atoms with E-state index in [1.807, 2.05) is 0 Å². The molecule has 0 amide bonds. The molecule has 1 saturated carbocycles. The van der Waals surface area contributed by atoms with Gasteiger partial charge in [-0.05, 0) is 35.7 Å². The van der Waals surface area contributed by atoms with Gasteiger partial charge in [0.15, 0.2) is 5.79 Å². The molecule has 24 heavy (non-hydrogen) atoms. The highest BCUT2D eigenvalue weighted by atomic mass is 16.7. The number of ether oxygens (including phenoxy) is 3. The molecule has 0 aromatic carbocycles. The van der Waals surface area contributed by atoms with E-state index in [-0.39, 0.29) is 0 Å². The van der Waals surface area contributed by atoms with Gasteiger partial charge in [0.2, 0.25) is 0 Å². The summed E-state index contributed by atoms with van der Waals surface area (Å²) in [5.74, 6) is 1.14. The highest BCUT2D eigenvalue weighted by molar-refractivity contribution is 5.23. The molecule has 0 radical (unpaired) electrons. The SMILES string of the molecule is CC1(C)C2CC=C(COCC(O)CN3CCC4(C3)OCCO4)C1C2. The normalized spacial score (nSPS) is 35.0. The average Bonchev–Trinajstić information content (AvgIpc) is 3.17. The van der Waals surface area contributed by atoms with Crippen LogP contribution < -0.4 is 0 Å². The van der Waals surface area contributed by atoms with Crippen molar-refractivity contribution >= 4 is 0 Å². The van der Waals surface area contributed by atoms with Crippen molar-refractivity contribution in [1.29, 1.82) is 0 Å². The van der Waals surface area contributed by atoms with E-state index >= 15 is 0 Å². The number of allylic oxidation sites excluding steroid dienone is 1. The van der Waals surface area contributed by atoms with Crippen LogP contribution >= 0.6 is 0 Å². The minimum atomic E-state index is -0.451. The summed E-state index contributed by atoms with van der Waals surface area (Å²) < 4.78 is 17.3. The van der Waals surface area contributed by atoms with Gasteiger partial charge in [-0.3, -0.25) is 4.90 Å². The zero-order chi connectivity index (χ0) is 16.8. The summed E-state index contributed by atoms with van der Waals surface area (Å²) in [5, 5.41) is 10.3. The van der Waals surface area contributed by atoms with Crippen LogP contribution in [0.4, 0.5) is 0 Å². The molecule has 0 aromatic rings. The summed E-state index contributed by atoms with van der Waals surface area (Å²) in [5.41, 5.74) is 1.89. The van der Waals surface area contributed by atoms with E-state index < -0.39 is 11.9 Å². The Morgan fingerprint density at radius 1 is 1.38 bits per heavy atom. The Balaban J connectivity index is 1.18. The molecule has 5 nitrogen and oxygen atoms in total. The summed E-state index contributed by atoms with van der Waals surface area (Å²) >= 11 is 0. The molecule has 136 valence electrons. The Morgan fingerprint density at radius 3 is 2.88 bits per heavy atom. The molecular weight excluding hydrogens is 306 g/mol. The van der Waals surface area contributed by atoms with Crippen LogP contribution in [0.25, 0.3) is 0 Å². The molecular formula is C19H31NO4. The highest BCUT2D eigenvalue weighted by Crippen LogP contribution is 2.59. The maximum Gasteiger partial charge on any atom is 0.182 e. The summed E-state index contributed by atoms with van der Waals surface area (Å²) in [6.07, 6.45) is 5.33. The van der Waals surface area contributed by atoms with Crippen molar-refractivity contribution in [2.75, 3.05) is 46.1 Å². The van der Waals surface area contributed by atoms with Crippen molar-refractivity contribution < 1.29 is 19.3 Å². The standard InChI is InChI=1S/C19H31NO4/c1-18(2)15-4-3-14(17(18)9-15)11-22-12-16(21)10-20-6-5-19(13-20)23-7-8-24-19/h3,15-17,21H,4-13H2,1-2H3. The summed E-state index contributed by atoms with van der Waals surface area (Å²) in [6.45, 7) is 9.51. The van der Waals surface area contributed by atoms with Gasteiger partial charge in [0.25, 0.3) is 0 Å². The van der Waals surface area contributed by atoms with Gasteiger partial charge in [-0.1, -0.05) is 19.9 Å². The first-order valence-electron chi connectivity index (χ1n) is 9.43. The lowest BCUT2D eigenvalue weighted by Gasteiger charge is -2.56. The number of fused-ring (bicyclic) bond motifs is 1. The number of aliphatic hydroxyl groups is 1. The van der Waals surface area contributed by atoms with Gasteiger partial charge in [-0.25, -0.2) is 0 Å². The third-order valence-corrected chi connectivity index (χ3v) is 6.72. The van der Waals surface area contributed by atoms with E-state index in [2.05, 4.69) is 24.8 Å². The van der Waals surface area contributed by atoms with Crippen molar-refractivity contribution in [3.63, 3.8) is 0 Å². The first kappa shape index (κ1) is 17.0. The third-order valence-electron chi connectivity index (χ3n) is 6.72. The molecule has 1 spiro atoms. The summed E-state index contributed by atoms with van der Waals surface area (Å²) in [7, 11) is 0. The third kappa shape index (κ3) is 3.06. The van der Waals surface area contributed by atoms with E-state index in [1.54, 1.807) is 0 Å². The van der Waals surface area contributed by atoms with E-state index in [0.717, 1.165) is 25.4 Å². The molecule has 5 rings (SSSR count). The number of nitrogens with zero attached hydrogens (tertiary/aromatic N) is 1. The molecule has 2 bridgehead atoms. The van der Waals surface area contributed by atoms with Gasteiger partial charge >= 0.3 is 0 Å². The lowest BCUT2D eigenvalue weighted by Crippen LogP contribution is -2.48. The average molecular weight is 337 g/mol. The van der Waals surface area contributed by atoms with Gasteiger partial charge in [0.05, 0.1) is 39.1 Å². The summed E-state index contributed by atoms with van der Waals surface area (Å²) in [6, 6.07) is 0. The molecule has 1 N–H and O–H groups in total. The predicted octanol–water partition coefficient (Wildman–Crippen LogP) is 1.81. The predicted molar refractivity (Wildman–Crippen MR) is 90.6 cm³/mol. The Bertz CT molecular complexity index is 498. The Morgan fingerprint density at radius 2 is 2.17 bits per heavy atom. The fourth-order valence-corrected chi connectivity index (χ4v) is 5.02. The molecule has 3 unspecified atom stereocenters. The maximum absolute atomic E-state index is 10.3. The molecule has 2 saturated heterocycles. The monoisotopic (exact) mass is 337 g/mol. The highest BCUT2D eigenvalue weighted by Gasteiger charge is 2.51. The Kier molecular flexibility index (Phi) is 4.50. The summed E-state index contributed by atoms with van der Waals surface area (Å²) in [4.78, 5) is 2.22. The molecule has 3 fully saturated rings.